The molecule has 0 saturated heterocycles. The van der Waals surface area contributed by atoms with Gasteiger partial charge in [0.15, 0.2) is 0 Å². The zero-order chi connectivity index (χ0) is 15.1. The molecule has 0 unspecified atom stereocenters. The van der Waals surface area contributed by atoms with E-state index in [0.29, 0.717) is 6.54 Å². The Labute approximate surface area is 123 Å². The monoisotopic (exact) mass is 287 g/mol. The Morgan fingerprint density at radius 3 is 2.76 bits per heavy atom. The Kier molecular flexibility index (Phi) is 5.32. The maximum absolute atomic E-state index is 13.4. The molecule has 110 valence electrons. The van der Waals surface area contributed by atoms with Crippen LogP contribution >= 0.6 is 0 Å². The second-order valence-corrected chi connectivity index (χ2v) is 4.69. The number of carbonyl (C=O) groups is 1. The first kappa shape index (κ1) is 15.0. The third-order valence-electron chi connectivity index (χ3n) is 3.18. The van der Waals surface area contributed by atoms with Crippen LogP contribution in [0.5, 0.6) is 5.75 Å². The van der Waals surface area contributed by atoms with Crippen molar-refractivity contribution >= 4 is 5.91 Å². The second-order valence-electron chi connectivity index (χ2n) is 4.69. The van der Waals surface area contributed by atoms with Crippen molar-refractivity contribution in [2.45, 2.75) is 12.8 Å². The lowest BCUT2D eigenvalue weighted by molar-refractivity contribution is 0.0949. The molecule has 2 aromatic rings. The van der Waals surface area contributed by atoms with E-state index in [9.17, 15) is 9.18 Å². The Morgan fingerprint density at radius 1 is 1.19 bits per heavy atom. The SMILES string of the molecule is COc1cccc(CCCNC(=O)c2ccccc2F)c1. The molecule has 2 aromatic carbocycles. The summed E-state index contributed by atoms with van der Waals surface area (Å²) < 4.78 is 18.6. The van der Waals surface area contributed by atoms with Crippen LogP contribution in [-0.2, 0) is 6.42 Å². The first-order chi connectivity index (χ1) is 10.2. The van der Waals surface area contributed by atoms with Crippen molar-refractivity contribution in [3.05, 3.63) is 65.5 Å². The molecule has 0 heterocycles. The van der Waals surface area contributed by atoms with Crippen LogP contribution < -0.4 is 10.1 Å². The van der Waals surface area contributed by atoms with Crippen LogP contribution in [-0.4, -0.2) is 19.6 Å². The summed E-state index contributed by atoms with van der Waals surface area (Å²) in [5.41, 5.74) is 1.23. The van der Waals surface area contributed by atoms with Gasteiger partial charge in [-0.05, 0) is 42.7 Å². The first-order valence-corrected chi connectivity index (χ1v) is 6.86. The molecule has 2 rings (SSSR count). The molecule has 21 heavy (non-hydrogen) atoms. The quantitative estimate of drug-likeness (QED) is 0.829. The average molecular weight is 287 g/mol. The number of hydrogen-bond acceptors (Lipinski definition) is 2. The van der Waals surface area contributed by atoms with Gasteiger partial charge in [0.1, 0.15) is 11.6 Å². The summed E-state index contributed by atoms with van der Waals surface area (Å²) in [7, 11) is 1.63. The summed E-state index contributed by atoms with van der Waals surface area (Å²) in [5.74, 6) is -0.0515. The van der Waals surface area contributed by atoms with Gasteiger partial charge in [0, 0.05) is 6.54 Å². The van der Waals surface area contributed by atoms with Gasteiger partial charge in [-0.25, -0.2) is 4.39 Å². The lowest BCUT2D eigenvalue weighted by Gasteiger charge is -2.07. The van der Waals surface area contributed by atoms with E-state index in [-0.39, 0.29) is 11.5 Å². The smallest absolute Gasteiger partial charge is 0.254 e. The molecule has 0 atom stereocenters. The van der Waals surface area contributed by atoms with Gasteiger partial charge in [-0.2, -0.15) is 0 Å². The Morgan fingerprint density at radius 2 is 2.00 bits per heavy atom. The average Bonchev–Trinajstić information content (AvgIpc) is 2.52. The number of nitrogens with one attached hydrogen (secondary N) is 1. The van der Waals surface area contributed by atoms with Crippen molar-refractivity contribution in [1.29, 1.82) is 0 Å². The van der Waals surface area contributed by atoms with E-state index in [1.807, 2.05) is 24.3 Å². The standard InChI is InChI=1S/C17H18FNO2/c1-21-14-8-4-6-13(12-14)7-5-11-19-17(20)15-9-2-3-10-16(15)18/h2-4,6,8-10,12H,5,7,11H2,1H3,(H,19,20). The second kappa shape index (κ2) is 7.43. The molecule has 0 radical (unpaired) electrons. The highest BCUT2D eigenvalue weighted by molar-refractivity contribution is 5.94. The molecule has 4 heteroatoms. The van der Waals surface area contributed by atoms with E-state index in [0.717, 1.165) is 24.2 Å². The number of aryl methyl sites for hydroxylation is 1. The molecule has 0 aromatic heterocycles. The van der Waals surface area contributed by atoms with Crippen LogP contribution in [0.1, 0.15) is 22.3 Å². The normalized spacial score (nSPS) is 10.2. The first-order valence-electron chi connectivity index (χ1n) is 6.86. The van der Waals surface area contributed by atoms with Crippen LogP contribution in [0.2, 0.25) is 0 Å². The number of hydrogen-bond donors (Lipinski definition) is 1. The molecule has 0 bridgehead atoms. The van der Waals surface area contributed by atoms with E-state index in [1.54, 1.807) is 19.2 Å². The van der Waals surface area contributed by atoms with Crippen LogP contribution in [0.25, 0.3) is 0 Å². The minimum absolute atomic E-state index is 0.0823. The minimum atomic E-state index is -0.497. The molecule has 0 aliphatic heterocycles. The number of ether oxygens (including phenoxy) is 1. The minimum Gasteiger partial charge on any atom is -0.497 e. The zero-order valence-electron chi connectivity index (χ0n) is 11.9. The predicted molar refractivity (Wildman–Crippen MR) is 80.0 cm³/mol. The summed E-state index contributed by atoms with van der Waals surface area (Å²) in [6.45, 7) is 0.504. The van der Waals surface area contributed by atoms with Gasteiger partial charge in [0.05, 0.1) is 12.7 Å². The molecule has 3 nitrogen and oxygen atoms in total. The molecular weight excluding hydrogens is 269 g/mol. The van der Waals surface area contributed by atoms with Crippen LogP contribution in [0.15, 0.2) is 48.5 Å². The van der Waals surface area contributed by atoms with Crippen molar-refractivity contribution in [1.82, 2.24) is 5.32 Å². The van der Waals surface area contributed by atoms with Crippen molar-refractivity contribution in [2.24, 2.45) is 0 Å². The molecule has 0 spiro atoms. The van der Waals surface area contributed by atoms with Crippen LogP contribution in [0.4, 0.5) is 4.39 Å². The molecular formula is C17H18FNO2. The molecule has 0 saturated carbocycles. The number of amides is 1. The topological polar surface area (TPSA) is 38.3 Å². The summed E-state index contributed by atoms with van der Waals surface area (Å²) in [5, 5.41) is 2.73. The number of benzene rings is 2. The lowest BCUT2D eigenvalue weighted by atomic mass is 10.1. The fourth-order valence-corrected chi connectivity index (χ4v) is 2.06. The van der Waals surface area contributed by atoms with E-state index >= 15 is 0 Å². The number of carbonyl (C=O) groups excluding carboxylic acids is 1. The predicted octanol–water partition coefficient (Wildman–Crippen LogP) is 3.20. The number of rotatable bonds is 6. The van der Waals surface area contributed by atoms with Gasteiger partial charge in [0.25, 0.3) is 5.91 Å². The van der Waals surface area contributed by atoms with Gasteiger partial charge in [-0.1, -0.05) is 24.3 Å². The summed E-state index contributed by atoms with van der Waals surface area (Å²) >= 11 is 0. The highest BCUT2D eigenvalue weighted by atomic mass is 19.1. The maximum Gasteiger partial charge on any atom is 0.254 e. The molecule has 1 amide bonds. The molecule has 0 aliphatic carbocycles. The van der Waals surface area contributed by atoms with E-state index in [2.05, 4.69) is 5.32 Å². The van der Waals surface area contributed by atoms with Gasteiger partial charge in [-0.15, -0.1) is 0 Å². The number of halogens is 1. The Hall–Kier alpha value is -2.36. The van der Waals surface area contributed by atoms with Gasteiger partial charge in [0.2, 0.25) is 0 Å². The fraction of sp³-hybridized carbons (Fsp3) is 0.235. The van der Waals surface area contributed by atoms with Crippen molar-refractivity contribution in [3.63, 3.8) is 0 Å². The van der Waals surface area contributed by atoms with Crippen molar-refractivity contribution < 1.29 is 13.9 Å². The fourth-order valence-electron chi connectivity index (χ4n) is 2.06. The highest BCUT2D eigenvalue weighted by Crippen LogP contribution is 2.13. The summed E-state index contributed by atoms with van der Waals surface area (Å²) in [6, 6.07) is 13.8. The zero-order valence-corrected chi connectivity index (χ0v) is 11.9. The lowest BCUT2D eigenvalue weighted by Crippen LogP contribution is -2.25. The number of methoxy groups -OCH3 is 1. The summed E-state index contributed by atoms with van der Waals surface area (Å²) in [6.07, 6.45) is 1.61. The maximum atomic E-state index is 13.4. The van der Waals surface area contributed by atoms with Gasteiger partial charge in [-0.3, -0.25) is 4.79 Å². The van der Waals surface area contributed by atoms with Crippen LogP contribution in [0.3, 0.4) is 0 Å². The van der Waals surface area contributed by atoms with Crippen LogP contribution in [0, 0.1) is 5.82 Å². The van der Waals surface area contributed by atoms with E-state index in [1.165, 1.54) is 12.1 Å². The van der Waals surface area contributed by atoms with Crippen molar-refractivity contribution in [2.75, 3.05) is 13.7 Å². The van der Waals surface area contributed by atoms with E-state index in [4.69, 9.17) is 4.74 Å². The Bertz CT molecular complexity index is 613. The summed E-state index contributed by atoms with van der Waals surface area (Å²) in [4.78, 5) is 11.8. The van der Waals surface area contributed by atoms with Gasteiger partial charge >= 0.3 is 0 Å². The third kappa shape index (κ3) is 4.31. The molecule has 0 aliphatic rings. The van der Waals surface area contributed by atoms with Crippen molar-refractivity contribution in [3.8, 4) is 5.75 Å². The van der Waals surface area contributed by atoms with E-state index < -0.39 is 5.82 Å². The van der Waals surface area contributed by atoms with Gasteiger partial charge < -0.3 is 10.1 Å². The Balaban J connectivity index is 1.79. The third-order valence-corrected chi connectivity index (χ3v) is 3.18. The molecule has 0 fully saturated rings. The largest absolute Gasteiger partial charge is 0.497 e. The molecule has 1 N–H and O–H groups in total. The highest BCUT2D eigenvalue weighted by Gasteiger charge is 2.09.